The number of benzene rings is 2. The summed E-state index contributed by atoms with van der Waals surface area (Å²) in [5.74, 6) is 0.363. The van der Waals surface area contributed by atoms with E-state index < -0.39 is 5.60 Å². The van der Waals surface area contributed by atoms with E-state index >= 15 is 0 Å². The third kappa shape index (κ3) is 3.72. The highest BCUT2D eigenvalue weighted by atomic mass is 16.5. The van der Waals surface area contributed by atoms with E-state index in [0.29, 0.717) is 11.3 Å². The fraction of sp³-hybridized carbons (Fsp3) is 0.278. The molecular formula is C18H20O4. The molecular weight excluding hydrogens is 280 g/mol. The fourth-order valence-electron chi connectivity index (χ4n) is 2.14. The van der Waals surface area contributed by atoms with E-state index in [4.69, 9.17) is 9.84 Å². The van der Waals surface area contributed by atoms with Crippen LogP contribution in [0.1, 0.15) is 24.2 Å². The maximum atomic E-state index is 12.0. The Kier molecular flexibility index (Phi) is 4.96. The molecule has 0 spiro atoms. The van der Waals surface area contributed by atoms with E-state index in [0.717, 1.165) is 11.1 Å². The lowest BCUT2D eigenvalue weighted by Crippen LogP contribution is -2.30. The van der Waals surface area contributed by atoms with Crippen molar-refractivity contribution >= 4 is 5.78 Å². The van der Waals surface area contributed by atoms with E-state index in [1.165, 1.54) is 13.8 Å². The molecule has 116 valence electrons. The number of aliphatic hydroxyl groups is 2. The maximum Gasteiger partial charge on any atom is 0.193 e. The third-order valence-corrected chi connectivity index (χ3v) is 3.25. The predicted octanol–water partition coefficient (Wildman–Crippen LogP) is 2.68. The number of ether oxygens (including phenoxy) is 1. The normalized spacial score (nSPS) is 11.3. The zero-order valence-electron chi connectivity index (χ0n) is 12.7. The maximum absolute atomic E-state index is 12.0. The van der Waals surface area contributed by atoms with Crippen molar-refractivity contribution in [1.29, 1.82) is 0 Å². The van der Waals surface area contributed by atoms with Crippen LogP contribution in [0.4, 0.5) is 0 Å². The molecule has 0 amide bonds. The molecule has 0 aliphatic carbocycles. The van der Waals surface area contributed by atoms with Crippen molar-refractivity contribution in [2.45, 2.75) is 19.4 Å². The Hall–Kier alpha value is -2.17. The summed E-state index contributed by atoms with van der Waals surface area (Å²) >= 11 is 0. The predicted molar refractivity (Wildman–Crippen MR) is 85.1 cm³/mol. The van der Waals surface area contributed by atoms with Crippen molar-refractivity contribution in [3.05, 3.63) is 54.1 Å². The van der Waals surface area contributed by atoms with Crippen LogP contribution in [0.2, 0.25) is 0 Å². The van der Waals surface area contributed by atoms with Gasteiger partial charge in [-0.15, -0.1) is 0 Å². The minimum absolute atomic E-state index is 0.0483. The van der Waals surface area contributed by atoms with E-state index in [9.17, 15) is 9.90 Å². The quantitative estimate of drug-likeness (QED) is 0.805. The Morgan fingerprint density at radius 3 is 2.32 bits per heavy atom. The minimum Gasteiger partial charge on any atom is -0.491 e. The molecule has 0 fully saturated rings. The second-order valence-corrected chi connectivity index (χ2v) is 5.53. The Bertz CT molecular complexity index is 639. The number of hydrogen-bond donors (Lipinski definition) is 2. The highest BCUT2D eigenvalue weighted by Crippen LogP contribution is 2.30. The van der Waals surface area contributed by atoms with Gasteiger partial charge in [-0.2, -0.15) is 0 Å². The minimum atomic E-state index is -1.39. The van der Waals surface area contributed by atoms with Crippen LogP contribution in [0.3, 0.4) is 0 Å². The molecule has 0 aliphatic rings. The van der Waals surface area contributed by atoms with Crippen molar-refractivity contribution < 1.29 is 19.7 Å². The van der Waals surface area contributed by atoms with Gasteiger partial charge in [-0.1, -0.05) is 42.5 Å². The monoisotopic (exact) mass is 300 g/mol. The van der Waals surface area contributed by atoms with Gasteiger partial charge < -0.3 is 14.9 Å². The molecule has 22 heavy (non-hydrogen) atoms. The van der Waals surface area contributed by atoms with Gasteiger partial charge in [0, 0.05) is 11.1 Å². The summed E-state index contributed by atoms with van der Waals surface area (Å²) in [6.07, 6.45) is 0. The number of ketones is 1. The second kappa shape index (κ2) is 6.73. The molecule has 0 aromatic heterocycles. The lowest BCUT2D eigenvalue weighted by atomic mass is 9.95. The van der Waals surface area contributed by atoms with Gasteiger partial charge >= 0.3 is 0 Å². The second-order valence-electron chi connectivity index (χ2n) is 5.53. The molecule has 2 N–H and O–H groups in total. The van der Waals surface area contributed by atoms with Crippen LogP contribution < -0.4 is 4.74 Å². The first-order valence-corrected chi connectivity index (χ1v) is 7.14. The summed E-state index contributed by atoms with van der Waals surface area (Å²) in [6.45, 7) is 3.13. The molecule has 0 saturated heterocycles. The Morgan fingerprint density at radius 2 is 1.73 bits per heavy atom. The zero-order chi connectivity index (χ0) is 16.2. The largest absolute Gasteiger partial charge is 0.491 e. The highest BCUT2D eigenvalue weighted by molar-refractivity contribution is 6.02. The number of aliphatic hydroxyl groups excluding tert-OH is 1. The average Bonchev–Trinajstić information content (AvgIpc) is 2.52. The molecule has 0 saturated carbocycles. The van der Waals surface area contributed by atoms with E-state index in [1.54, 1.807) is 12.1 Å². The summed E-state index contributed by atoms with van der Waals surface area (Å²) in [6, 6.07) is 14.5. The summed E-state index contributed by atoms with van der Waals surface area (Å²) in [5, 5.41) is 18.7. The first-order chi connectivity index (χ1) is 10.4. The van der Waals surface area contributed by atoms with Gasteiger partial charge in [-0.05, 0) is 25.5 Å². The van der Waals surface area contributed by atoms with Gasteiger partial charge in [-0.25, -0.2) is 0 Å². The van der Waals surface area contributed by atoms with Gasteiger partial charge in [0.15, 0.2) is 5.78 Å². The van der Waals surface area contributed by atoms with Crippen LogP contribution in [0.25, 0.3) is 11.1 Å². The average molecular weight is 300 g/mol. The lowest BCUT2D eigenvalue weighted by molar-refractivity contribution is 0.0488. The molecule has 2 aromatic carbocycles. The number of hydrogen-bond acceptors (Lipinski definition) is 4. The van der Waals surface area contributed by atoms with Crippen LogP contribution in [-0.2, 0) is 0 Å². The topological polar surface area (TPSA) is 66.8 Å². The smallest absolute Gasteiger partial charge is 0.193 e. The van der Waals surface area contributed by atoms with E-state index in [1.807, 2.05) is 36.4 Å². The van der Waals surface area contributed by atoms with Crippen molar-refractivity contribution in [2.75, 3.05) is 13.2 Å². The molecule has 0 bridgehead atoms. The summed E-state index contributed by atoms with van der Waals surface area (Å²) < 4.78 is 5.52. The summed E-state index contributed by atoms with van der Waals surface area (Å²) in [5.41, 5.74) is 0.868. The van der Waals surface area contributed by atoms with Crippen molar-refractivity contribution in [3.63, 3.8) is 0 Å². The molecule has 0 atom stereocenters. The van der Waals surface area contributed by atoms with Gasteiger partial charge in [0.05, 0.1) is 6.61 Å². The van der Waals surface area contributed by atoms with Gasteiger partial charge in [-0.3, -0.25) is 4.79 Å². The Balaban J connectivity index is 2.30. The zero-order valence-corrected chi connectivity index (χ0v) is 12.7. The molecule has 2 rings (SSSR count). The SMILES string of the molecule is CC(C)(O)C(=O)c1ccc(-c2ccccc2OCCO)cc1. The number of carbonyl (C=O) groups is 1. The third-order valence-electron chi connectivity index (χ3n) is 3.25. The fourth-order valence-corrected chi connectivity index (χ4v) is 2.14. The van der Waals surface area contributed by atoms with Crippen molar-refractivity contribution in [3.8, 4) is 16.9 Å². The first-order valence-electron chi connectivity index (χ1n) is 7.14. The van der Waals surface area contributed by atoms with Crippen molar-refractivity contribution in [1.82, 2.24) is 0 Å². The molecule has 4 nitrogen and oxygen atoms in total. The van der Waals surface area contributed by atoms with Crippen LogP contribution in [-0.4, -0.2) is 34.8 Å². The number of Topliss-reactive ketones (excluding diaryl/α,β-unsaturated/α-hetero) is 1. The van der Waals surface area contributed by atoms with Crippen LogP contribution in [0, 0.1) is 0 Å². The number of carbonyl (C=O) groups excluding carboxylic acids is 1. The van der Waals surface area contributed by atoms with Crippen LogP contribution in [0.5, 0.6) is 5.75 Å². The lowest BCUT2D eigenvalue weighted by Gasteiger charge is -2.16. The van der Waals surface area contributed by atoms with E-state index in [-0.39, 0.29) is 19.0 Å². The van der Waals surface area contributed by atoms with Crippen molar-refractivity contribution in [2.24, 2.45) is 0 Å². The highest BCUT2D eigenvalue weighted by Gasteiger charge is 2.25. The van der Waals surface area contributed by atoms with Gasteiger partial charge in [0.1, 0.15) is 18.0 Å². The number of rotatable bonds is 6. The molecule has 4 heteroatoms. The molecule has 0 unspecified atom stereocenters. The van der Waals surface area contributed by atoms with Crippen LogP contribution >= 0.6 is 0 Å². The van der Waals surface area contributed by atoms with Crippen LogP contribution in [0.15, 0.2) is 48.5 Å². The van der Waals surface area contributed by atoms with Gasteiger partial charge in [0.2, 0.25) is 0 Å². The first kappa shape index (κ1) is 16.2. The summed E-state index contributed by atoms with van der Waals surface area (Å²) in [7, 11) is 0. The molecule has 2 aromatic rings. The van der Waals surface area contributed by atoms with E-state index in [2.05, 4.69) is 0 Å². The Labute approximate surface area is 130 Å². The molecule has 0 heterocycles. The molecule has 0 radical (unpaired) electrons. The molecule has 0 aliphatic heterocycles. The number of para-hydroxylation sites is 1. The van der Waals surface area contributed by atoms with Gasteiger partial charge in [0.25, 0.3) is 0 Å². The Morgan fingerprint density at radius 1 is 1.09 bits per heavy atom. The standard InChI is InChI=1S/C18H20O4/c1-18(2,21)17(20)14-9-7-13(8-10-14)15-5-3-4-6-16(15)22-12-11-19/h3-10,19,21H,11-12H2,1-2H3. The summed E-state index contributed by atoms with van der Waals surface area (Å²) in [4.78, 5) is 12.0.